The molecule has 86 valence electrons. The molecule has 0 bridgehead atoms. The van der Waals surface area contributed by atoms with Gasteiger partial charge in [0.1, 0.15) is 5.54 Å². The minimum Gasteiger partial charge on any atom is -0.314 e. The Bertz CT molecular complexity index is 214. The summed E-state index contributed by atoms with van der Waals surface area (Å²) >= 11 is 2.08. The van der Waals surface area contributed by atoms with Crippen LogP contribution in [0.3, 0.4) is 0 Å². The molecular weight excluding hydrogens is 204 g/mol. The first-order valence-corrected chi connectivity index (χ1v) is 7.01. The normalized spacial score (nSPS) is 21.9. The highest BCUT2D eigenvalue weighted by molar-refractivity contribution is 7.99. The van der Waals surface area contributed by atoms with E-state index in [2.05, 4.69) is 17.8 Å². The summed E-state index contributed by atoms with van der Waals surface area (Å²) in [5, 5.41) is 9.64. The van der Waals surface area contributed by atoms with Gasteiger partial charge in [-0.3, -0.25) is 0 Å². The Kier molecular flexibility index (Phi) is 5.49. The standard InChI is InChI=1S/C12H22N2S/c1-12(14,10-13)8-5-9-15-11-6-3-2-4-7-11/h11H,2-9,14H2,1H3. The Labute approximate surface area is 97.6 Å². The summed E-state index contributed by atoms with van der Waals surface area (Å²) in [6.07, 6.45) is 8.91. The van der Waals surface area contributed by atoms with Gasteiger partial charge < -0.3 is 5.73 Å². The smallest absolute Gasteiger partial charge is 0.101 e. The molecule has 1 saturated carbocycles. The summed E-state index contributed by atoms with van der Waals surface area (Å²) in [5.74, 6) is 1.17. The third kappa shape index (κ3) is 5.44. The Morgan fingerprint density at radius 3 is 2.67 bits per heavy atom. The molecule has 0 saturated heterocycles. The van der Waals surface area contributed by atoms with Crippen molar-refractivity contribution in [2.45, 2.75) is 62.7 Å². The molecule has 0 aromatic heterocycles. The summed E-state index contributed by atoms with van der Waals surface area (Å²) in [7, 11) is 0. The average molecular weight is 226 g/mol. The van der Waals surface area contributed by atoms with Crippen LogP contribution in [0.25, 0.3) is 0 Å². The molecule has 0 radical (unpaired) electrons. The highest BCUT2D eigenvalue weighted by Crippen LogP contribution is 2.29. The van der Waals surface area contributed by atoms with Crippen LogP contribution in [0.15, 0.2) is 0 Å². The number of hydrogen-bond donors (Lipinski definition) is 1. The second kappa shape index (κ2) is 6.40. The second-order valence-electron chi connectivity index (χ2n) is 4.76. The van der Waals surface area contributed by atoms with Crippen LogP contribution in [-0.2, 0) is 0 Å². The van der Waals surface area contributed by atoms with E-state index in [4.69, 9.17) is 11.0 Å². The van der Waals surface area contributed by atoms with Crippen LogP contribution < -0.4 is 5.73 Å². The molecule has 2 nitrogen and oxygen atoms in total. The van der Waals surface area contributed by atoms with Crippen molar-refractivity contribution in [1.29, 1.82) is 5.26 Å². The van der Waals surface area contributed by atoms with Gasteiger partial charge in [-0.25, -0.2) is 0 Å². The van der Waals surface area contributed by atoms with Crippen LogP contribution in [0.2, 0.25) is 0 Å². The predicted molar refractivity (Wildman–Crippen MR) is 66.8 cm³/mol. The van der Waals surface area contributed by atoms with Crippen molar-refractivity contribution >= 4 is 11.8 Å². The van der Waals surface area contributed by atoms with Crippen molar-refractivity contribution in [3.63, 3.8) is 0 Å². The van der Waals surface area contributed by atoms with E-state index in [1.54, 1.807) is 0 Å². The molecule has 2 N–H and O–H groups in total. The van der Waals surface area contributed by atoms with E-state index < -0.39 is 5.54 Å². The zero-order valence-corrected chi connectivity index (χ0v) is 10.5. The first-order chi connectivity index (χ1) is 7.14. The van der Waals surface area contributed by atoms with Gasteiger partial charge in [-0.15, -0.1) is 0 Å². The minimum absolute atomic E-state index is 0.618. The van der Waals surface area contributed by atoms with E-state index in [1.807, 2.05) is 6.92 Å². The van der Waals surface area contributed by atoms with Crippen LogP contribution in [-0.4, -0.2) is 16.5 Å². The van der Waals surface area contributed by atoms with Crippen molar-refractivity contribution in [3.8, 4) is 6.07 Å². The lowest BCUT2D eigenvalue weighted by Gasteiger charge is -2.21. The fourth-order valence-corrected chi connectivity index (χ4v) is 3.29. The first-order valence-electron chi connectivity index (χ1n) is 5.96. The molecule has 1 rings (SSSR count). The Balaban J connectivity index is 2.04. The quantitative estimate of drug-likeness (QED) is 0.733. The first kappa shape index (κ1) is 12.9. The molecule has 1 fully saturated rings. The van der Waals surface area contributed by atoms with E-state index in [9.17, 15) is 0 Å². The number of thioether (sulfide) groups is 1. The second-order valence-corrected chi connectivity index (χ2v) is 6.17. The fourth-order valence-electron chi connectivity index (χ4n) is 1.98. The average Bonchev–Trinajstić information content (AvgIpc) is 2.26. The Hall–Kier alpha value is -0.200. The summed E-state index contributed by atoms with van der Waals surface area (Å²) in [6, 6.07) is 2.15. The van der Waals surface area contributed by atoms with Gasteiger partial charge in [-0.05, 0) is 38.4 Å². The molecule has 0 aromatic rings. The lowest BCUT2D eigenvalue weighted by atomic mass is 10.00. The van der Waals surface area contributed by atoms with Gasteiger partial charge >= 0.3 is 0 Å². The van der Waals surface area contributed by atoms with Crippen LogP contribution in [0.4, 0.5) is 0 Å². The van der Waals surface area contributed by atoms with E-state index in [0.29, 0.717) is 0 Å². The maximum atomic E-state index is 8.76. The van der Waals surface area contributed by atoms with Crippen molar-refractivity contribution in [3.05, 3.63) is 0 Å². The molecule has 1 unspecified atom stereocenters. The van der Waals surface area contributed by atoms with E-state index in [-0.39, 0.29) is 0 Å². The molecule has 1 atom stereocenters. The largest absolute Gasteiger partial charge is 0.314 e. The van der Waals surface area contributed by atoms with Crippen LogP contribution in [0, 0.1) is 11.3 Å². The van der Waals surface area contributed by atoms with Gasteiger partial charge in [-0.1, -0.05) is 19.3 Å². The molecule has 15 heavy (non-hydrogen) atoms. The predicted octanol–water partition coefficient (Wildman–Crippen LogP) is 3.07. The molecule has 0 aromatic carbocycles. The van der Waals surface area contributed by atoms with Crippen LogP contribution >= 0.6 is 11.8 Å². The number of rotatable bonds is 5. The number of hydrogen-bond acceptors (Lipinski definition) is 3. The third-order valence-electron chi connectivity index (χ3n) is 3.00. The summed E-state index contributed by atoms with van der Waals surface area (Å²) in [5.41, 5.74) is 5.15. The number of nitrogens with zero attached hydrogens (tertiary/aromatic N) is 1. The molecule has 0 heterocycles. The molecule has 3 heteroatoms. The maximum absolute atomic E-state index is 8.76. The summed E-state index contributed by atoms with van der Waals surface area (Å²) < 4.78 is 0. The summed E-state index contributed by atoms with van der Waals surface area (Å²) in [6.45, 7) is 1.82. The molecule has 0 amide bonds. The van der Waals surface area contributed by atoms with Crippen molar-refractivity contribution in [2.75, 3.05) is 5.75 Å². The zero-order valence-electron chi connectivity index (χ0n) is 9.67. The lowest BCUT2D eigenvalue weighted by molar-refractivity contribution is 0.513. The van der Waals surface area contributed by atoms with Gasteiger partial charge in [0.05, 0.1) is 6.07 Å². The summed E-state index contributed by atoms with van der Waals surface area (Å²) in [4.78, 5) is 0. The highest BCUT2D eigenvalue weighted by atomic mass is 32.2. The lowest BCUT2D eigenvalue weighted by Crippen LogP contribution is -2.34. The Morgan fingerprint density at radius 1 is 1.40 bits per heavy atom. The minimum atomic E-state index is -0.618. The SMILES string of the molecule is CC(N)(C#N)CCCSC1CCCCC1. The van der Waals surface area contributed by atoms with E-state index in [0.717, 1.165) is 18.1 Å². The third-order valence-corrected chi connectivity index (χ3v) is 4.47. The van der Waals surface area contributed by atoms with Gasteiger partial charge in [0.15, 0.2) is 0 Å². The highest BCUT2D eigenvalue weighted by Gasteiger charge is 2.17. The maximum Gasteiger partial charge on any atom is 0.101 e. The van der Waals surface area contributed by atoms with Crippen molar-refractivity contribution < 1.29 is 0 Å². The number of nitriles is 1. The van der Waals surface area contributed by atoms with E-state index in [1.165, 1.54) is 37.9 Å². The van der Waals surface area contributed by atoms with E-state index >= 15 is 0 Å². The van der Waals surface area contributed by atoms with Gasteiger partial charge in [0.2, 0.25) is 0 Å². The van der Waals surface area contributed by atoms with Crippen LogP contribution in [0.5, 0.6) is 0 Å². The van der Waals surface area contributed by atoms with Crippen LogP contribution in [0.1, 0.15) is 51.9 Å². The topological polar surface area (TPSA) is 49.8 Å². The van der Waals surface area contributed by atoms with Gasteiger partial charge in [0, 0.05) is 5.25 Å². The molecule has 0 aliphatic heterocycles. The zero-order chi connectivity index (χ0) is 11.1. The number of nitrogens with two attached hydrogens (primary N) is 1. The molecule has 1 aliphatic carbocycles. The molecule has 0 spiro atoms. The van der Waals surface area contributed by atoms with Gasteiger partial charge in [0.25, 0.3) is 0 Å². The van der Waals surface area contributed by atoms with Crippen molar-refractivity contribution in [2.24, 2.45) is 5.73 Å². The molecular formula is C12H22N2S. The van der Waals surface area contributed by atoms with Gasteiger partial charge in [-0.2, -0.15) is 17.0 Å². The molecule has 1 aliphatic rings. The fraction of sp³-hybridized carbons (Fsp3) is 0.917. The monoisotopic (exact) mass is 226 g/mol. The Morgan fingerprint density at radius 2 is 2.07 bits per heavy atom. The van der Waals surface area contributed by atoms with Crippen molar-refractivity contribution in [1.82, 2.24) is 0 Å².